The highest BCUT2D eigenvalue weighted by Gasteiger charge is 2.02. The molecule has 0 N–H and O–H groups in total. The minimum atomic E-state index is -0.309. The van der Waals surface area contributed by atoms with Crippen LogP contribution in [0.5, 0.6) is 0 Å². The lowest BCUT2D eigenvalue weighted by Crippen LogP contribution is -2.00. The van der Waals surface area contributed by atoms with Crippen molar-refractivity contribution in [3.05, 3.63) is 48.2 Å². The molecule has 1 heterocycles. The molecule has 3 nitrogen and oxygen atoms in total. The number of hydrogen-bond acceptors (Lipinski definition) is 3. The molecule has 1 aromatic carbocycles. The van der Waals surface area contributed by atoms with Gasteiger partial charge in [-0.15, -0.1) is 0 Å². The third-order valence-corrected chi connectivity index (χ3v) is 2.68. The molecule has 2 aromatic rings. The van der Waals surface area contributed by atoms with Crippen LogP contribution in [-0.4, -0.2) is 17.6 Å². The number of aromatic nitrogens is 1. The van der Waals surface area contributed by atoms with Crippen molar-refractivity contribution in [1.29, 1.82) is 0 Å². The SMILES string of the molecule is CCOC(=O)/C=C(/C)c1ccc2cccnc2c1. The first kappa shape index (κ1) is 12.3. The fourth-order valence-electron chi connectivity index (χ4n) is 1.76. The monoisotopic (exact) mass is 241 g/mol. The zero-order valence-corrected chi connectivity index (χ0v) is 10.5. The Balaban J connectivity index is 2.33. The summed E-state index contributed by atoms with van der Waals surface area (Å²) in [6.07, 6.45) is 3.27. The van der Waals surface area contributed by atoms with Crippen LogP contribution in [-0.2, 0) is 9.53 Å². The normalized spacial score (nSPS) is 11.6. The van der Waals surface area contributed by atoms with E-state index < -0.39 is 0 Å². The standard InChI is InChI=1S/C15H15NO2/c1-3-18-15(17)9-11(2)13-7-6-12-5-4-8-16-14(12)10-13/h4-10H,3H2,1-2H3/b11-9-. The van der Waals surface area contributed by atoms with E-state index in [1.807, 2.05) is 37.3 Å². The van der Waals surface area contributed by atoms with Crippen molar-refractivity contribution < 1.29 is 9.53 Å². The van der Waals surface area contributed by atoms with E-state index in [2.05, 4.69) is 4.98 Å². The number of carbonyl (C=O) groups is 1. The summed E-state index contributed by atoms with van der Waals surface area (Å²) in [5.41, 5.74) is 2.78. The second-order valence-electron chi connectivity index (χ2n) is 3.99. The molecule has 3 heteroatoms. The molecule has 2 rings (SSSR count). The fourth-order valence-corrected chi connectivity index (χ4v) is 1.76. The zero-order chi connectivity index (χ0) is 13.0. The van der Waals surface area contributed by atoms with Crippen molar-refractivity contribution in [3.63, 3.8) is 0 Å². The van der Waals surface area contributed by atoms with Gasteiger partial charge in [-0.05, 0) is 37.1 Å². The van der Waals surface area contributed by atoms with Crippen LogP contribution in [0.15, 0.2) is 42.6 Å². The number of ether oxygens (including phenoxy) is 1. The Morgan fingerprint density at radius 2 is 2.22 bits per heavy atom. The molecule has 0 saturated carbocycles. The predicted molar refractivity (Wildman–Crippen MR) is 72.0 cm³/mol. The first-order chi connectivity index (χ1) is 8.70. The summed E-state index contributed by atoms with van der Waals surface area (Å²) < 4.78 is 4.89. The molecule has 0 fully saturated rings. The number of nitrogens with zero attached hydrogens (tertiary/aromatic N) is 1. The van der Waals surface area contributed by atoms with Crippen LogP contribution in [0.3, 0.4) is 0 Å². The summed E-state index contributed by atoms with van der Waals surface area (Å²) in [6, 6.07) is 9.87. The number of pyridine rings is 1. The van der Waals surface area contributed by atoms with E-state index in [0.29, 0.717) is 6.61 Å². The van der Waals surface area contributed by atoms with Crippen molar-refractivity contribution in [1.82, 2.24) is 4.98 Å². The van der Waals surface area contributed by atoms with Crippen LogP contribution >= 0.6 is 0 Å². The molecule has 0 atom stereocenters. The first-order valence-electron chi connectivity index (χ1n) is 5.91. The third kappa shape index (κ3) is 2.74. The van der Waals surface area contributed by atoms with E-state index in [4.69, 9.17) is 4.74 Å². The summed E-state index contributed by atoms with van der Waals surface area (Å²) >= 11 is 0. The molecule has 0 saturated heterocycles. The predicted octanol–water partition coefficient (Wildman–Crippen LogP) is 3.20. The molecule has 0 unspecified atom stereocenters. The summed E-state index contributed by atoms with van der Waals surface area (Å²) in [7, 11) is 0. The summed E-state index contributed by atoms with van der Waals surface area (Å²) in [5.74, 6) is -0.309. The largest absolute Gasteiger partial charge is 0.463 e. The van der Waals surface area contributed by atoms with Gasteiger partial charge < -0.3 is 4.74 Å². The van der Waals surface area contributed by atoms with Gasteiger partial charge in [-0.3, -0.25) is 4.98 Å². The second-order valence-corrected chi connectivity index (χ2v) is 3.99. The third-order valence-electron chi connectivity index (χ3n) is 2.68. The van der Waals surface area contributed by atoms with Crippen LogP contribution in [0, 0.1) is 0 Å². The molecular weight excluding hydrogens is 226 g/mol. The number of carbonyl (C=O) groups excluding carboxylic acids is 1. The van der Waals surface area contributed by atoms with Gasteiger partial charge >= 0.3 is 5.97 Å². The van der Waals surface area contributed by atoms with Crippen LogP contribution in [0.25, 0.3) is 16.5 Å². The van der Waals surface area contributed by atoms with Crippen molar-refractivity contribution in [2.24, 2.45) is 0 Å². The number of fused-ring (bicyclic) bond motifs is 1. The zero-order valence-electron chi connectivity index (χ0n) is 10.5. The molecule has 0 aliphatic carbocycles. The van der Waals surface area contributed by atoms with Gasteiger partial charge in [-0.1, -0.05) is 18.2 Å². The number of hydrogen-bond donors (Lipinski definition) is 0. The average molecular weight is 241 g/mol. The van der Waals surface area contributed by atoms with Crippen molar-refractivity contribution >= 4 is 22.4 Å². The Hall–Kier alpha value is -2.16. The Labute approximate surface area is 106 Å². The van der Waals surface area contributed by atoms with Crippen molar-refractivity contribution in [2.45, 2.75) is 13.8 Å². The minimum Gasteiger partial charge on any atom is -0.463 e. The molecule has 0 amide bonds. The smallest absolute Gasteiger partial charge is 0.331 e. The topological polar surface area (TPSA) is 39.2 Å². The average Bonchev–Trinajstić information content (AvgIpc) is 2.38. The number of esters is 1. The van der Waals surface area contributed by atoms with Gasteiger partial charge in [0.25, 0.3) is 0 Å². The Bertz CT molecular complexity index is 602. The molecule has 92 valence electrons. The van der Waals surface area contributed by atoms with E-state index >= 15 is 0 Å². The van der Waals surface area contributed by atoms with E-state index in [-0.39, 0.29) is 5.97 Å². The van der Waals surface area contributed by atoms with Crippen LogP contribution in [0.2, 0.25) is 0 Å². The molecular formula is C15H15NO2. The highest BCUT2D eigenvalue weighted by molar-refractivity contribution is 5.92. The highest BCUT2D eigenvalue weighted by Crippen LogP contribution is 2.19. The number of rotatable bonds is 3. The quantitative estimate of drug-likeness (QED) is 0.612. The van der Waals surface area contributed by atoms with Gasteiger partial charge in [0.2, 0.25) is 0 Å². The lowest BCUT2D eigenvalue weighted by Gasteiger charge is -2.04. The Morgan fingerprint density at radius 1 is 1.39 bits per heavy atom. The lowest BCUT2D eigenvalue weighted by molar-refractivity contribution is -0.137. The van der Waals surface area contributed by atoms with Gasteiger partial charge in [0.05, 0.1) is 12.1 Å². The Morgan fingerprint density at radius 3 is 3.00 bits per heavy atom. The molecule has 0 aliphatic rings. The molecule has 18 heavy (non-hydrogen) atoms. The Kier molecular flexibility index (Phi) is 3.72. The van der Waals surface area contributed by atoms with E-state index in [0.717, 1.165) is 22.0 Å². The number of allylic oxidation sites excluding steroid dienone is 1. The van der Waals surface area contributed by atoms with E-state index in [1.54, 1.807) is 13.1 Å². The van der Waals surface area contributed by atoms with Gasteiger partial charge in [-0.25, -0.2) is 4.79 Å². The van der Waals surface area contributed by atoms with Crippen molar-refractivity contribution in [2.75, 3.05) is 6.61 Å². The van der Waals surface area contributed by atoms with Gasteiger partial charge in [0.15, 0.2) is 0 Å². The van der Waals surface area contributed by atoms with Crippen LogP contribution in [0.1, 0.15) is 19.4 Å². The maximum atomic E-state index is 11.4. The van der Waals surface area contributed by atoms with Gasteiger partial charge in [0.1, 0.15) is 0 Å². The van der Waals surface area contributed by atoms with Crippen LogP contribution < -0.4 is 0 Å². The maximum Gasteiger partial charge on any atom is 0.331 e. The molecule has 0 radical (unpaired) electrons. The lowest BCUT2D eigenvalue weighted by atomic mass is 10.0. The summed E-state index contributed by atoms with van der Waals surface area (Å²) in [5, 5.41) is 1.09. The second kappa shape index (κ2) is 5.45. The minimum absolute atomic E-state index is 0.309. The summed E-state index contributed by atoms with van der Waals surface area (Å²) in [6.45, 7) is 4.07. The molecule has 0 aliphatic heterocycles. The van der Waals surface area contributed by atoms with Crippen molar-refractivity contribution in [3.8, 4) is 0 Å². The fraction of sp³-hybridized carbons (Fsp3) is 0.200. The van der Waals surface area contributed by atoms with Crippen LogP contribution in [0.4, 0.5) is 0 Å². The van der Waals surface area contributed by atoms with E-state index in [9.17, 15) is 4.79 Å². The van der Waals surface area contributed by atoms with Gasteiger partial charge in [-0.2, -0.15) is 0 Å². The highest BCUT2D eigenvalue weighted by atomic mass is 16.5. The molecule has 0 bridgehead atoms. The van der Waals surface area contributed by atoms with E-state index in [1.165, 1.54) is 6.08 Å². The number of benzene rings is 1. The van der Waals surface area contributed by atoms with Gasteiger partial charge in [0, 0.05) is 17.7 Å². The first-order valence-corrected chi connectivity index (χ1v) is 5.91. The molecule has 1 aromatic heterocycles. The summed E-state index contributed by atoms with van der Waals surface area (Å²) in [4.78, 5) is 15.7. The molecule has 0 spiro atoms. The maximum absolute atomic E-state index is 11.4.